The molecule has 1 aliphatic carbocycles. The number of aliphatic hydroxyl groups is 1. The first kappa shape index (κ1) is 11.1. The van der Waals surface area contributed by atoms with Gasteiger partial charge in [-0.15, -0.1) is 11.3 Å². The molecule has 1 heterocycles. The number of nitrogens with zero attached hydrogens (tertiary/aromatic N) is 1. The fourth-order valence-corrected chi connectivity index (χ4v) is 3.20. The number of thiazole rings is 1. The van der Waals surface area contributed by atoms with Crippen LogP contribution >= 0.6 is 11.3 Å². The molecule has 0 aromatic carbocycles. The zero-order valence-electron chi connectivity index (χ0n) is 9.71. The lowest BCUT2D eigenvalue weighted by Crippen LogP contribution is -2.26. The summed E-state index contributed by atoms with van der Waals surface area (Å²) in [6, 6.07) is 0. The number of aromatic nitrogens is 1. The number of aliphatic hydroxyl groups excluding tert-OH is 1. The summed E-state index contributed by atoms with van der Waals surface area (Å²) >= 11 is 1.78. The fourth-order valence-electron chi connectivity index (χ4n) is 2.07. The Bertz CT molecular complexity index is 337. The van der Waals surface area contributed by atoms with E-state index in [2.05, 4.69) is 25.8 Å². The van der Waals surface area contributed by atoms with Gasteiger partial charge < -0.3 is 5.11 Å². The van der Waals surface area contributed by atoms with E-state index in [1.54, 1.807) is 11.3 Å². The van der Waals surface area contributed by atoms with Gasteiger partial charge in [0.05, 0.1) is 10.7 Å². The highest BCUT2D eigenvalue weighted by molar-refractivity contribution is 7.11. The molecule has 1 aromatic heterocycles. The highest BCUT2D eigenvalue weighted by Crippen LogP contribution is 2.47. The number of rotatable bonds is 4. The smallest absolute Gasteiger partial charge is 0.0937 e. The van der Waals surface area contributed by atoms with E-state index in [9.17, 15) is 5.11 Å². The average molecular weight is 225 g/mol. The minimum absolute atomic E-state index is 0.0662. The van der Waals surface area contributed by atoms with E-state index in [-0.39, 0.29) is 12.0 Å². The van der Waals surface area contributed by atoms with Crippen molar-refractivity contribution in [1.29, 1.82) is 0 Å². The molecular weight excluding hydrogens is 206 g/mol. The van der Waals surface area contributed by atoms with Crippen molar-refractivity contribution in [3.8, 4) is 0 Å². The van der Waals surface area contributed by atoms with E-state index in [0.717, 1.165) is 12.1 Å². The van der Waals surface area contributed by atoms with Crippen LogP contribution in [-0.4, -0.2) is 16.7 Å². The van der Waals surface area contributed by atoms with E-state index in [0.29, 0.717) is 5.92 Å². The van der Waals surface area contributed by atoms with Crippen molar-refractivity contribution in [3.63, 3.8) is 0 Å². The highest BCUT2D eigenvalue weighted by atomic mass is 32.1. The Kier molecular flexibility index (Phi) is 2.86. The fraction of sp³-hybridized carbons (Fsp3) is 0.750. The van der Waals surface area contributed by atoms with E-state index in [1.807, 2.05) is 0 Å². The van der Waals surface area contributed by atoms with E-state index >= 15 is 0 Å². The predicted molar refractivity (Wildman–Crippen MR) is 63.2 cm³/mol. The third kappa shape index (κ3) is 2.23. The van der Waals surface area contributed by atoms with Gasteiger partial charge >= 0.3 is 0 Å². The number of hydrogen-bond donors (Lipinski definition) is 1. The molecule has 0 amide bonds. The molecule has 1 fully saturated rings. The second-order valence-electron chi connectivity index (χ2n) is 5.01. The van der Waals surface area contributed by atoms with Crippen molar-refractivity contribution in [2.24, 2.45) is 11.3 Å². The van der Waals surface area contributed by atoms with Crippen molar-refractivity contribution in [3.05, 3.63) is 15.6 Å². The summed E-state index contributed by atoms with van der Waals surface area (Å²) in [7, 11) is 0. The Balaban J connectivity index is 2.12. The molecule has 1 saturated carbocycles. The van der Waals surface area contributed by atoms with Crippen LogP contribution in [0.1, 0.15) is 35.3 Å². The third-order valence-corrected chi connectivity index (χ3v) is 4.62. The summed E-state index contributed by atoms with van der Waals surface area (Å²) in [5, 5.41) is 10.7. The first-order valence-electron chi connectivity index (χ1n) is 5.59. The molecule has 0 radical (unpaired) electrons. The molecule has 1 unspecified atom stereocenters. The Hall–Kier alpha value is -0.410. The van der Waals surface area contributed by atoms with Crippen LogP contribution in [0.2, 0.25) is 0 Å². The summed E-state index contributed by atoms with van der Waals surface area (Å²) in [6.07, 6.45) is 3.49. The van der Waals surface area contributed by atoms with Crippen molar-refractivity contribution >= 4 is 11.3 Å². The Morgan fingerprint density at radius 3 is 2.53 bits per heavy atom. The van der Waals surface area contributed by atoms with Crippen molar-refractivity contribution in [2.75, 3.05) is 6.61 Å². The Morgan fingerprint density at radius 2 is 2.13 bits per heavy atom. The molecular formula is C12H19NOS. The van der Waals surface area contributed by atoms with Crippen LogP contribution in [0.4, 0.5) is 0 Å². The highest BCUT2D eigenvalue weighted by Gasteiger charge is 2.41. The van der Waals surface area contributed by atoms with Gasteiger partial charge in [0, 0.05) is 17.9 Å². The van der Waals surface area contributed by atoms with Gasteiger partial charge in [-0.3, -0.25) is 0 Å². The minimum Gasteiger partial charge on any atom is -0.396 e. The van der Waals surface area contributed by atoms with Crippen molar-refractivity contribution < 1.29 is 5.11 Å². The molecule has 1 atom stereocenters. The molecule has 3 heteroatoms. The number of hydrogen-bond acceptors (Lipinski definition) is 3. The van der Waals surface area contributed by atoms with Crippen LogP contribution in [-0.2, 0) is 6.42 Å². The zero-order valence-corrected chi connectivity index (χ0v) is 10.5. The molecule has 1 aliphatic rings. The van der Waals surface area contributed by atoms with Crippen LogP contribution in [0, 0.1) is 25.2 Å². The largest absolute Gasteiger partial charge is 0.396 e. The topological polar surface area (TPSA) is 33.1 Å². The maximum Gasteiger partial charge on any atom is 0.0937 e. The Morgan fingerprint density at radius 1 is 1.47 bits per heavy atom. The molecule has 2 nitrogen and oxygen atoms in total. The summed E-state index contributed by atoms with van der Waals surface area (Å²) in [6.45, 7) is 6.65. The van der Waals surface area contributed by atoms with E-state index in [1.165, 1.54) is 22.7 Å². The third-order valence-electron chi connectivity index (χ3n) is 3.55. The zero-order chi connectivity index (χ0) is 11.1. The van der Waals surface area contributed by atoms with Gasteiger partial charge in [-0.05, 0) is 38.0 Å². The summed E-state index contributed by atoms with van der Waals surface area (Å²) in [5.41, 5.74) is 1.21. The van der Waals surface area contributed by atoms with Gasteiger partial charge in [0.25, 0.3) is 0 Å². The monoisotopic (exact) mass is 225 g/mol. The molecule has 2 rings (SSSR count). The van der Waals surface area contributed by atoms with E-state index in [4.69, 9.17) is 0 Å². The summed E-state index contributed by atoms with van der Waals surface area (Å²) in [5.74, 6) is 0.715. The van der Waals surface area contributed by atoms with Gasteiger partial charge in [-0.2, -0.15) is 0 Å². The molecule has 0 spiro atoms. The van der Waals surface area contributed by atoms with Crippen LogP contribution in [0.15, 0.2) is 0 Å². The Labute approximate surface area is 95.4 Å². The molecule has 0 bridgehead atoms. The maximum atomic E-state index is 9.51. The van der Waals surface area contributed by atoms with Gasteiger partial charge in [-0.1, -0.05) is 6.92 Å². The first-order valence-corrected chi connectivity index (χ1v) is 6.40. The second kappa shape index (κ2) is 3.87. The van der Waals surface area contributed by atoms with Gasteiger partial charge in [0.2, 0.25) is 0 Å². The predicted octanol–water partition coefficient (Wildman–Crippen LogP) is 2.71. The molecule has 0 saturated heterocycles. The first-order chi connectivity index (χ1) is 7.05. The lowest BCUT2D eigenvalue weighted by molar-refractivity contribution is 0.119. The molecule has 1 aromatic rings. The molecule has 15 heavy (non-hydrogen) atoms. The SMILES string of the molecule is Cc1nc(CC(C)(CO)C2CC2)sc1C. The van der Waals surface area contributed by atoms with Crippen molar-refractivity contribution in [2.45, 2.75) is 40.0 Å². The lowest BCUT2D eigenvalue weighted by atomic mass is 9.83. The van der Waals surface area contributed by atoms with Crippen LogP contribution in [0.3, 0.4) is 0 Å². The van der Waals surface area contributed by atoms with Crippen LogP contribution in [0.5, 0.6) is 0 Å². The van der Waals surface area contributed by atoms with Crippen molar-refractivity contribution in [1.82, 2.24) is 4.98 Å². The minimum atomic E-state index is 0.0662. The quantitative estimate of drug-likeness (QED) is 0.854. The number of aryl methyl sites for hydroxylation is 2. The molecule has 84 valence electrons. The van der Waals surface area contributed by atoms with Gasteiger partial charge in [0.15, 0.2) is 0 Å². The summed E-state index contributed by atoms with van der Waals surface area (Å²) in [4.78, 5) is 5.87. The lowest BCUT2D eigenvalue weighted by Gasteiger charge is -2.25. The van der Waals surface area contributed by atoms with Crippen LogP contribution < -0.4 is 0 Å². The van der Waals surface area contributed by atoms with Gasteiger partial charge in [-0.25, -0.2) is 4.98 Å². The van der Waals surface area contributed by atoms with Gasteiger partial charge in [0.1, 0.15) is 0 Å². The van der Waals surface area contributed by atoms with Crippen LogP contribution in [0.25, 0.3) is 0 Å². The molecule has 1 N–H and O–H groups in total. The molecule has 0 aliphatic heterocycles. The average Bonchev–Trinajstić information content (AvgIpc) is 2.96. The second-order valence-corrected chi connectivity index (χ2v) is 6.30. The maximum absolute atomic E-state index is 9.51. The standard InChI is InChI=1S/C12H19NOS/c1-8-9(2)15-11(13-8)6-12(3,7-14)10-4-5-10/h10,14H,4-7H2,1-3H3. The normalized spacial score (nSPS) is 20.3. The summed E-state index contributed by atoms with van der Waals surface area (Å²) < 4.78 is 0. The van der Waals surface area contributed by atoms with E-state index < -0.39 is 0 Å².